The van der Waals surface area contributed by atoms with Gasteiger partial charge in [-0.05, 0) is 97.2 Å². The molecule has 0 aromatic heterocycles. The lowest BCUT2D eigenvalue weighted by molar-refractivity contribution is -0.129. The van der Waals surface area contributed by atoms with E-state index in [9.17, 15) is 19.8 Å². The average Bonchev–Trinajstić information content (AvgIpc) is 3.82. The van der Waals surface area contributed by atoms with E-state index in [0.717, 1.165) is 76.2 Å². The smallest absolute Gasteiger partial charge is 0.519 e. The summed E-state index contributed by atoms with van der Waals surface area (Å²) >= 11 is 0. The summed E-state index contributed by atoms with van der Waals surface area (Å²) in [6.07, 6.45) is 1.26. The summed E-state index contributed by atoms with van der Waals surface area (Å²) in [4.78, 5) is 27.0. The van der Waals surface area contributed by atoms with Crippen molar-refractivity contribution in [1.29, 1.82) is 0 Å². The van der Waals surface area contributed by atoms with Gasteiger partial charge in [0.15, 0.2) is 0 Å². The lowest BCUT2D eigenvalue weighted by Crippen LogP contribution is -2.39. The fourth-order valence-electron chi connectivity index (χ4n) is 10.2. The molecule has 11 rings (SSSR count). The van der Waals surface area contributed by atoms with Crippen LogP contribution in [0.3, 0.4) is 0 Å². The highest BCUT2D eigenvalue weighted by molar-refractivity contribution is 6.67. The molecule has 2 amide bonds. The van der Waals surface area contributed by atoms with Crippen LogP contribution in [0.2, 0.25) is 0 Å². The van der Waals surface area contributed by atoms with Crippen molar-refractivity contribution in [3.8, 4) is 23.0 Å². The molecule has 9 aromatic rings. The number of carbonyl (C=O) groups excluding carboxylic acids is 2. The maximum Gasteiger partial charge on any atom is 0.633 e. The number of phenols is 2. The minimum Gasteiger partial charge on any atom is -0.519 e. The minimum absolute atomic E-state index is 0.0805. The van der Waals surface area contributed by atoms with Crippen molar-refractivity contribution in [1.82, 2.24) is 10.6 Å². The molecule has 6 bridgehead atoms. The summed E-state index contributed by atoms with van der Waals surface area (Å²) in [6.45, 7) is 9.61. The third-order valence-electron chi connectivity index (χ3n) is 13.4. The number of rotatable bonds is 1. The Balaban J connectivity index is 1.02. The van der Waals surface area contributed by atoms with Gasteiger partial charge in [-0.15, -0.1) is 0 Å². The van der Waals surface area contributed by atoms with E-state index in [0.29, 0.717) is 35.5 Å². The largest absolute Gasteiger partial charge is 0.633 e. The van der Waals surface area contributed by atoms with Gasteiger partial charge in [0, 0.05) is 35.2 Å². The van der Waals surface area contributed by atoms with Crippen LogP contribution in [0.1, 0.15) is 43.0 Å². The number of phenolic OH excluding ortho intramolecular Hbond substituents is 2. The number of hydrogen-bond acceptors (Lipinski definition) is 9. The third-order valence-corrected chi connectivity index (χ3v) is 13.4. The number of aromatic hydroxyl groups is 2. The van der Waals surface area contributed by atoms with E-state index in [-0.39, 0.29) is 75.4 Å². The van der Waals surface area contributed by atoms with Crippen LogP contribution in [0, 0.1) is 0 Å². The van der Waals surface area contributed by atoms with Crippen LogP contribution in [-0.4, -0.2) is 69.0 Å². The lowest BCUT2D eigenvalue weighted by Gasteiger charge is -2.19. The number of fused-ring (bicyclic) bond motifs is 9. The predicted octanol–water partition coefficient (Wildman–Crippen LogP) is 9.59. The molecule has 0 fully saturated rings. The topological polar surface area (TPSA) is 145 Å². The molecule has 70 heavy (non-hydrogen) atoms. The molecule has 2 aliphatic rings. The molecule has 0 aliphatic carbocycles. The molecule has 348 valence electrons. The number of para-hydroxylation sites is 1. The highest BCUT2D eigenvalue weighted by atomic mass is 16.7. The number of hydrogen-bond donors (Lipinski definition) is 4. The first-order valence-corrected chi connectivity index (χ1v) is 23.5. The Morgan fingerprint density at radius 1 is 0.486 bits per heavy atom. The van der Waals surface area contributed by atoms with Crippen molar-refractivity contribution in [2.75, 3.05) is 39.9 Å². The van der Waals surface area contributed by atoms with E-state index >= 15 is 0 Å². The number of amides is 2. The Morgan fingerprint density at radius 2 is 1.03 bits per heavy atom. The zero-order chi connectivity index (χ0) is 47.9. The molecular formula is C58H49BN2O9. The SMILES string of the molecule is C=C1Cc2cccc(c2O)C(=O)NCCOCOCOCCNC(=O)c2cc3ccccc3c(c2O)CC(=C)Cc2c3c(c(c4ccccc24)C1)OB(c1cc2cccc4ccc5cccc1c5c42)O3. The van der Waals surface area contributed by atoms with Crippen LogP contribution in [0.25, 0.3) is 53.9 Å². The number of allylic oxidation sites excluding steroid dienone is 2. The van der Waals surface area contributed by atoms with Crippen LogP contribution in [-0.2, 0) is 39.9 Å². The number of benzene rings is 9. The van der Waals surface area contributed by atoms with E-state index in [1.807, 2.05) is 36.4 Å². The van der Waals surface area contributed by atoms with E-state index < -0.39 is 18.9 Å². The number of nitrogens with one attached hydrogen (secondary N) is 2. The monoisotopic (exact) mass is 928 g/mol. The van der Waals surface area contributed by atoms with Gasteiger partial charge in [0.2, 0.25) is 0 Å². The zero-order valence-corrected chi connectivity index (χ0v) is 38.4. The van der Waals surface area contributed by atoms with Crippen LogP contribution < -0.4 is 25.4 Å². The molecule has 0 saturated carbocycles. The van der Waals surface area contributed by atoms with Crippen molar-refractivity contribution in [3.63, 3.8) is 0 Å². The van der Waals surface area contributed by atoms with Gasteiger partial charge in [-0.1, -0.05) is 140 Å². The van der Waals surface area contributed by atoms with Gasteiger partial charge in [0.1, 0.15) is 36.6 Å². The first-order valence-electron chi connectivity index (χ1n) is 23.5. The second-order valence-corrected chi connectivity index (χ2v) is 18.0. The Hall–Kier alpha value is -7.90. The second kappa shape index (κ2) is 18.9. The molecule has 0 radical (unpaired) electrons. The van der Waals surface area contributed by atoms with Crippen LogP contribution in [0.15, 0.2) is 152 Å². The Morgan fingerprint density at radius 3 is 1.73 bits per heavy atom. The van der Waals surface area contributed by atoms with Crippen molar-refractivity contribution < 1.29 is 43.3 Å². The standard InChI is InChI=1S/C58H49BN2O9/c1-34-26-40-14-9-19-45(53(40)62)57(64)60-22-24-66-32-68-33-67-25-23-61-58(65)49-30-38-10-3-4-15-41(38)46(54(49)63)27-35(2)29-48-43-17-6-5-16-42(43)47(28-34)55-56(48)70-59(69-55)50-31-39-13-7-11-36-20-21-37-12-8-18-44(50)52(37)51(36)39/h3-21,30-31,62-63H,1-2,22-29,32-33H2,(H,60,64)(H,61,65). The van der Waals surface area contributed by atoms with Gasteiger partial charge in [0.25, 0.3) is 11.8 Å². The van der Waals surface area contributed by atoms with Crippen LogP contribution >= 0.6 is 0 Å². The summed E-state index contributed by atoms with van der Waals surface area (Å²) in [5.41, 5.74) is 5.62. The Bertz CT molecular complexity index is 3570. The van der Waals surface area contributed by atoms with E-state index in [1.165, 1.54) is 5.39 Å². The fraction of sp³-hybridized carbons (Fsp3) is 0.172. The predicted molar refractivity (Wildman–Crippen MR) is 275 cm³/mol. The Kier molecular flexibility index (Phi) is 12.0. The first kappa shape index (κ1) is 44.6. The summed E-state index contributed by atoms with van der Waals surface area (Å²) in [5.74, 6) is 0.0423. The quantitative estimate of drug-likeness (QED) is 0.0719. The van der Waals surface area contributed by atoms with Crippen molar-refractivity contribution in [2.45, 2.75) is 25.7 Å². The van der Waals surface area contributed by atoms with Gasteiger partial charge in [-0.2, -0.15) is 0 Å². The summed E-state index contributed by atoms with van der Waals surface area (Å²) in [5, 5.41) is 39.3. The van der Waals surface area contributed by atoms with E-state index in [4.69, 9.17) is 23.5 Å². The van der Waals surface area contributed by atoms with Gasteiger partial charge in [-0.25, -0.2) is 0 Å². The number of ether oxygens (including phenoxy) is 3. The molecule has 0 spiro atoms. The molecule has 11 nitrogen and oxygen atoms in total. The first-order chi connectivity index (χ1) is 34.2. The van der Waals surface area contributed by atoms with Crippen LogP contribution in [0.5, 0.6) is 23.0 Å². The molecule has 0 atom stereocenters. The minimum atomic E-state index is -0.820. The van der Waals surface area contributed by atoms with E-state index in [1.54, 1.807) is 24.3 Å². The van der Waals surface area contributed by atoms with Gasteiger partial charge >= 0.3 is 7.12 Å². The zero-order valence-electron chi connectivity index (χ0n) is 38.4. The molecular weight excluding hydrogens is 879 g/mol. The molecule has 12 heteroatoms. The molecule has 9 aromatic carbocycles. The normalized spacial score (nSPS) is 15.9. The summed E-state index contributed by atoms with van der Waals surface area (Å²) in [6, 6.07) is 41.8. The van der Waals surface area contributed by atoms with Crippen LogP contribution in [0.4, 0.5) is 0 Å². The van der Waals surface area contributed by atoms with Crippen molar-refractivity contribution in [2.24, 2.45) is 0 Å². The van der Waals surface area contributed by atoms with Gasteiger partial charge in [0.05, 0.1) is 24.3 Å². The average molecular weight is 929 g/mol. The number of carbonyl (C=O) groups is 2. The highest BCUT2D eigenvalue weighted by Crippen LogP contribution is 2.48. The maximum absolute atomic E-state index is 13.7. The van der Waals surface area contributed by atoms with Crippen molar-refractivity contribution >= 4 is 78.3 Å². The third kappa shape index (κ3) is 8.29. The summed E-state index contributed by atoms with van der Waals surface area (Å²) in [7, 11) is -0.820. The second-order valence-electron chi connectivity index (χ2n) is 18.0. The lowest BCUT2D eigenvalue weighted by atomic mass is 9.74. The maximum atomic E-state index is 13.7. The highest BCUT2D eigenvalue weighted by Gasteiger charge is 2.40. The molecule has 0 saturated heterocycles. The Labute approximate surface area is 404 Å². The van der Waals surface area contributed by atoms with Crippen molar-refractivity contribution in [3.05, 3.63) is 185 Å². The fourth-order valence-corrected chi connectivity index (χ4v) is 10.2. The molecule has 4 N–H and O–H groups in total. The van der Waals surface area contributed by atoms with E-state index in [2.05, 4.69) is 90.5 Å². The summed E-state index contributed by atoms with van der Waals surface area (Å²) < 4.78 is 30.7. The van der Waals surface area contributed by atoms with Gasteiger partial charge < -0.3 is 44.4 Å². The molecule has 0 unspecified atom stereocenters. The molecule has 2 aliphatic heterocycles. The van der Waals surface area contributed by atoms with Gasteiger partial charge in [-0.3, -0.25) is 9.59 Å². The molecule has 2 heterocycles.